The number of alkyl halides is 6. The van der Waals surface area contributed by atoms with Crippen LogP contribution in [0, 0.1) is 28.6 Å². The van der Waals surface area contributed by atoms with Gasteiger partial charge in [0.25, 0.3) is 6.10 Å². The van der Waals surface area contributed by atoms with Crippen LogP contribution in [0.2, 0.25) is 15.2 Å². The van der Waals surface area contributed by atoms with Gasteiger partial charge in [0, 0.05) is 23.4 Å². The molecule has 304 valence electrons. The largest absolute Gasteiger partial charge is 0.457 e. The number of pyridine rings is 1. The number of para-hydroxylation sites is 1. The Labute approximate surface area is 337 Å². The molecule has 0 N–H and O–H groups in total. The lowest BCUT2D eigenvalue weighted by Gasteiger charge is -2.22. The van der Waals surface area contributed by atoms with Crippen molar-refractivity contribution in [2.24, 2.45) is 17.3 Å². The third-order valence-electron chi connectivity index (χ3n) is 7.55. The molecule has 3 aromatic rings. The summed E-state index contributed by atoms with van der Waals surface area (Å²) in [4.78, 5) is 28.3. The molecule has 3 atom stereocenters. The zero-order valence-electron chi connectivity index (χ0n) is 29.6. The zero-order valence-corrected chi connectivity index (χ0v) is 33.5. The van der Waals surface area contributed by atoms with E-state index in [2.05, 4.69) is 9.72 Å². The third-order valence-corrected chi connectivity index (χ3v) is 10.9. The summed E-state index contributed by atoms with van der Waals surface area (Å²) < 4.78 is 106. The Morgan fingerprint density at radius 2 is 1.52 bits per heavy atom. The van der Waals surface area contributed by atoms with Crippen LogP contribution in [0.25, 0.3) is 0 Å². The van der Waals surface area contributed by atoms with E-state index >= 15 is 0 Å². The number of nitrogens with zero attached hydrogens (tertiary/aromatic N) is 2. The molecule has 0 saturated heterocycles. The second-order valence-corrected chi connectivity index (χ2v) is 16.0. The third kappa shape index (κ3) is 13.2. The Morgan fingerprint density at radius 1 is 0.929 bits per heavy atom. The Kier molecular flexibility index (Phi) is 16.4. The molecule has 0 aliphatic heterocycles. The van der Waals surface area contributed by atoms with Crippen LogP contribution in [0.3, 0.4) is 0 Å². The molecular formula is C35H32Cl3F6N2O8PS. The number of carbonyl (C=O) groups is 2. The van der Waals surface area contributed by atoms with E-state index in [0.717, 1.165) is 6.08 Å². The number of allylic oxidation sites excluding steroid dienone is 1. The van der Waals surface area contributed by atoms with E-state index in [1.54, 1.807) is 76.2 Å². The van der Waals surface area contributed by atoms with Crippen LogP contribution in [0.1, 0.15) is 39.4 Å². The topological polar surface area (TPSA) is 126 Å². The summed E-state index contributed by atoms with van der Waals surface area (Å²) in [5, 5.41) is 10.1. The normalized spacial score (nSPS) is 16.9. The van der Waals surface area contributed by atoms with Crippen molar-refractivity contribution >= 4 is 65.3 Å². The highest BCUT2D eigenvalue weighted by molar-refractivity contribution is 8.07. The summed E-state index contributed by atoms with van der Waals surface area (Å²) in [5.41, 5.74) is -0.534. The number of benzene rings is 2. The number of hydrogen-bond donors (Lipinski definition) is 0. The Hall–Kier alpha value is -3.62. The number of esters is 2. The van der Waals surface area contributed by atoms with Crippen LogP contribution < -0.4 is 9.26 Å². The highest BCUT2D eigenvalue weighted by Crippen LogP contribution is 2.60. The molecule has 1 aliphatic carbocycles. The van der Waals surface area contributed by atoms with Crippen molar-refractivity contribution in [3.63, 3.8) is 0 Å². The number of hydrogen-bond acceptors (Lipinski definition) is 11. The van der Waals surface area contributed by atoms with Gasteiger partial charge in [0.1, 0.15) is 22.6 Å². The van der Waals surface area contributed by atoms with Crippen molar-refractivity contribution in [1.82, 2.24) is 4.98 Å². The Bertz CT molecular complexity index is 1940. The first kappa shape index (κ1) is 46.8. The van der Waals surface area contributed by atoms with Crippen LogP contribution in [0.15, 0.2) is 72.8 Å². The minimum Gasteiger partial charge on any atom is -0.457 e. The van der Waals surface area contributed by atoms with Crippen LogP contribution in [0.5, 0.6) is 17.4 Å². The fourth-order valence-corrected chi connectivity index (χ4v) is 7.46. The maximum absolute atomic E-state index is 12.8. The molecular weight excluding hydrogens is 860 g/mol. The first-order valence-electron chi connectivity index (χ1n) is 16.1. The first-order valence-corrected chi connectivity index (χ1v) is 19.8. The molecule has 1 aliphatic rings. The van der Waals surface area contributed by atoms with Crippen molar-refractivity contribution in [2.45, 2.75) is 52.3 Å². The van der Waals surface area contributed by atoms with Crippen LogP contribution in [-0.2, 0) is 39.9 Å². The molecule has 3 unspecified atom stereocenters. The summed E-state index contributed by atoms with van der Waals surface area (Å²) in [6.45, 7) is 4.54. The van der Waals surface area contributed by atoms with E-state index in [-0.39, 0.29) is 21.1 Å². The van der Waals surface area contributed by atoms with E-state index in [1.807, 2.05) is 6.07 Å². The van der Waals surface area contributed by atoms with Gasteiger partial charge in [-0.2, -0.15) is 36.6 Å². The lowest BCUT2D eigenvalue weighted by Crippen LogP contribution is -2.45. The van der Waals surface area contributed by atoms with Gasteiger partial charge >= 0.3 is 31.0 Å². The van der Waals surface area contributed by atoms with E-state index in [9.17, 15) is 41.2 Å². The quantitative estimate of drug-likeness (QED) is 0.0505. The standard InChI is InChI=1S/C26H21F6NO5.C9H11Cl3NO3PS/c1-24(2)18(11-12-20(34)38-23(25(27,28)29)26(30,31)32)21(24)22(35)37-19(14-33)15-7-6-10-17(13-15)36-16-8-4-3-5-9-16;1-3-14-17(18,15-4-2)16-9-7(11)5-6(10)8(12)13-9/h3-13,18-19,21,23H,1-2H3;5H,3-4H2,1-2H3/b12-11-;. The maximum Gasteiger partial charge on any atom is 0.434 e. The molecule has 0 spiro atoms. The van der Waals surface area contributed by atoms with Gasteiger partial charge in [0.2, 0.25) is 12.0 Å². The fourth-order valence-electron chi connectivity index (χ4n) is 4.87. The monoisotopic (exact) mass is 890 g/mol. The van der Waals surface area contributed by atoms with Crippen molar-refractivity contribution in [3.8, 4) is 23.4 Å². The predicted molar refractivity (Wildman–Crippen MR) is 197 cm³/mol. The molecule has 21 heteroatoms. The number of rotatable bonds is 14. The molecule has 1 fully saturated rings. The fraction of sp³-hybridized carbons (Fsp3) is 0.371. The SMILES string of the molecule is CC1(C)C(/C=C\C(=O)OC(C(F)(F)F)C(F)(F)F)C1C(=O)OC(C#N)c1cccc(Oc2ccccc2)c1.CCOP(=S)(OCC)Oc1nc(Cl)c(Cl)cc1Cl. The highest BCUT2D eigenvalue weighted by Gasteiger charge is 2.62. The molecule has 1 heterocycles. The molecule has 1 saturated carbocycles. The van der Waals surface area contributed by atoms with E-state index < -0.39 is 60.5 Å². The van der Waals surface area contributed by atoms with Gasteiger partial charge in [-0.3, -0.25) is 13.8 Å². The van der Waals surface area contributed by atoms with Gasteiger partial charge in [-0.05, 0) is 55.5 Å². The van der Waals surface area contributed by atoms with Crippen molar-refractivity contribution in [3.05, 3.63) is 93.6 Å². The van der Waals surface area contributed by atoms with Crippen LogP contribution in [0.4, 0.5) is 26.3 Å². The van der Waals surface area contributed by atoms with Crippen LogP contribution in [-0.4, -0.2) is 48.6 Å². The summed E-state index contributed by atoms with van der Waals surface area (Å²) in [5.74, 6) is -3.40. The van der Waals surface area contributed by atoms with E-state index in [1.165, 1.54) is 12.1 Å². The summed E-state index contributed by atoms with van der Waals surface area (Å²) in [6, 6.07) is 18.4. The average molecular weight is 892 g/mol. The molecule has 0 radical (unpaired) electrons. The number of ether oxygens (including phenoxy) is 3. The molecule has 0 amide bonds. The highest BCUT2D eigenvalue weighted by atomic mass is 35.5. The lowest BCUT2D eigenvalue weighted by molar-refractivity contribution is -0.312. The molecule has 2 aromatic carbocycles. The predicted octanol–water partition coefficient (Wildman–Crippen LogP) is 11.2. The van der Waals surface area contributed by atoms with Gasteiger partial charge < -0.3 is 18.7 Å². The number of halogens is 9. The lowest BCUT2D eigenvalue weighted by atomic mass is 10.1. The number of carbonyl (C=O) groups excluding carboxylic acids is 2. The summed E-state index contributed by atoms with van der Waals surface area (Å²) in [7, 11) is 0. The number of nitriles is 1. The molecule has 1 aromatic heterocycles. The van der Waals surface area contributed by atoms with Gasteiger partial charge in [-0.15, -0.1) is 0 Å². The van der Waals surface area contributed by atoms with E-state index in [0.29, 0.717) is 36.4 Å². The first-order chi connectivity index (χ1) is 26.1. The smallest absolute Gasteiger partial charge is 0.434 e. The minimum atomic E-state index is -5.84. The molecule has 4 rings (SSSR count). The second kappa shape index (κ2) is 19.7. The van der Waals surface area contributed by atoms with Gasteiger partial charge in [-0.1, -0.05) is 85.1 Å². The molecule has 10 nitrogen and oxygen atoms in total. The zero-order chi connectivity index (χ0) is 42.1. The minimum absolute atomic E-state index is 0.0521. The van der Waals surface area contributed by atoms with E-state index in [4.69, 9.17) is 69.7 Å². The van der Waals surface area contributed by atoms with Crippen molar-refractivity contribution in [1.29, 1.82) is 5.26 Å². The van der Waals surface area contributed by atoms with Gasteiger partial charge in [0.05, 0.1) is 24.2 Å². The van der Waals surface area contributed by atoms with Crippen molar-refractivity contribution in [2.75, 3.05) is 13.2 Å². The molecule has 0 bridgehead atoms. The second-order valence-electron chi connectivity index (χ2n) is 11.9. The van der Waals surface area contributed by atoms with Gasteiger partial charge in [-0.25, -0.2) is 4.79 Å². The Balaban J connectivity index is 0.000000391. The maximum atomic E-state index is 12.8. The average Bonchev–Trinajstić information content (AvgIpc) is 3.67. The summed E-state index contributed by atoms with van der Waals surface area (Å²) in [6.07, 6.45) is -15.9. The Morgan fingerprint density at radius 3 is 2.07 bits per heavy atom. The van der Waals surface area contributed by atoms with Crippen molar-refractivity contribution < 1.29 is 63.7 Å². The van der Waals surface area contributed by atoms with Crippen LogP contribution >= 0.6 is 41.5 Å². The van der Waals surface area contributed by atoms with Gasteiger partial charge in [0.15, 0.2) is 5.15 Å². The molecule has 56 heavy (non-hydrogen) atoms. The number of aromatic nitrogens is 1. The summed E-state index contributed by atoms with van der Waals surface area (Å²) >= 11 is 22.7.